The van der Waals surface area contributed by atoms with Crippen LogP contribution in [0.2, 0.25) is 0 Å². The number of ether oxygens (including phenoxy) is 1. The highest BCUT2D eigenvalue weighted by atomic mass is 16.5. The van der Waals surface area contributed by atoms with Crippen LogP contribution in [0.4, 0.5) is 5.82 Å². The molecule has 5 nitrogen and oxygen atoms in total. The van der Waals surface area contributed by atoms with Gasteiger partial charge in [0.15, 0.2) is 5.82 Å². The fourth-order valence-electron chi connectivity index (χ4n) is 2.89. The molecule has 0 unspecified atom stereocenters. The molecule has 2 aliphatic rings. The van der Waals surface area contributed by atoms with Crippen LogP contribution >= 0.6 is 0 Å². The number of rotatable bonds is 4. The molecule has 3 heterocycles. The quantitative estimate of drug-likeness (QED) is 0.863. The van der Waals surface area contributed by atoms with Crippen molar-refractivity contribution >= 4 is 5.82 Å². The van der Waals surface area contributed by atoms with E-state index in [-0.39, 0.29) is 0 Å². The van der Waals surface area contributed by atoms with Gasteiger partial charge in [-0.2, -0.15) is 4.98 Å². The summed E-state index contributed by atoms with van der Waals surface area (Å²) < 4.78 is 5.55. The third kappa shape index (κ3) is 2.14. The average Bonchev–Trinajstić information content (AvgIpc) is 2.99. The Balaban J connectivity index is 1.75. The summed E-state index contributed by atoms with van der Waals surface area (Å²) in [5.41, 5.74) is 0. The van der Waals surface area contributed by atoms with Crippen molar-refractivity contribution < 1.29 is 4.74 Å². The van der Waals surface area contributed by atoms with E-state index < -0.39 is 0 Å². The Morgan fingerprint density at radius 3 is 3.28 bits per heavy atom. The van der Waals surface area contributed by atoms with Gasteiger partial charge in [0.2, 0.25) is 5.88 Å². The molecule has 0 aromatic carbocycles. The first kappa shape index (κ1) is 11.7. The van der Waals surface area contributed by atoms with E-state index in [4.69, 9.17) is 4.74 Å². The standard InChI is InChI=1S/C13H20N4O/c1-2-5-18-13-9-15-8-12(16-13)17-4-3-10-6-14-7-11(10)17/h8-11,14H,2-7H2,1H3/t10-,11+/m0/s1. The van der Waals surface area contributed by atoms with Gasteiger partial charge in [0.1, 0.15) is 0 Å². The highest BCUT2D eigenvalue weighted by Crippen LogP contribution is 2.31. The van der Waals surface area contributed by atoms with Crippen molar-refractivity contribution in [2.24, 2.45) is 5.92 Å². The average molecular weight is 248 g/mol. The molecule has 2 saturated heterocycles. The van der Waals surface area contributed by atoms with Crippen molar-refractivity contribution in [3.05, 3.63) is 12.4 Å². The zero-order valence-corrected chi connectivity index (χ0v) is 10.8. The van der Waals surface area contributed by atoms with Gasteiger partial charge < -0.3 is 15.0 Å². The SMILES string of the molecule is CCCOc1cncc(N2CC[C@H]3CNC[C@H]32)n1. The van der Waals surface area contributed by atoms with Crippen molar-refractivity contribution in [2.75, 3.05) is 31.1 Å². The van der Waals surface area contributed by atoms with Crippen LogP contribution < -0.4 is 15.0 Å². The molecule has 1 aromatic rings. The maximum Gasteiger partial charge on any atom is 0.234 e. The number of anilines is 1. The topological polar surface area (TPSA) is 50.3 Å². The van der Waals surface area contributed by atoms with E-state index in [1.807, 2.05) is 6.20 Å². The minimum absolute atomic E-state index is 0.584. The molecule has 1 N–H and O–H groups in total. The molecule has 5 heteroatoms. The normalized spacial score (nSPS) is 26.4. The number of aromatic nitrogens is 2. The summed E-state index contributed by atoms with van der Waals surface area (Å²) in [6.45, 7) is 6.08. The van der Waals surface area contributed by atoms with Crippen molar-refractivity contribution in [2.45, 2.75) is 25.8 Å². The Labute approximate surface area is 108 Å². The third-order valence-corrected chi connectivity index (χ3v) is 3.79. The smallest absolute Gasteiger partial charge is 0.234 e. The second kappa shape index (κ2) is 5.10. The van der Waals surface area contributed by atoms with Crippen LogP contribution in [0.1, 0.15) is 19.8 Å². The van der Waals surface area contributed by atoms with Crippen molar-refractivity contribution in [3.63, 3.8) is 0 Å². The summed E-state index contributed by atoms with van der Waals surface area (Å²) in [7, 11) is 0. The van der Waals surface area contributed by atoms with E-state index >= 15 is 0 Å². The molecule has 0 aliphatic carbocycles. The molecule has 2 aliphatic heterocycles. The minimum Gasteiger partial charge on any atom is -0.477 e. The van der Waals surface area contributed by atoms with E-state index in [0.29, 0.717) is 18.5 Å². The highest BCUT2D eigenvalue weighted by molar-refractivity contribution is 5.41. The van der Waals surface area contributed by atoms with Crippen molar-refractivity contribution in [1.82, 2.24) is 15.3 Å². The summed E-state index contributed by atoms with van der Waals surface area (Å²) in [5.74, 6) is 2.37. The molecule has 2 fully saturated rings. The lowest BCUT2D eigenvalue weighted by atomic mass is 10.1. The monoisotopic (exact) mass is 248 g/mol. The van der Waals surface area contributed by atoms with Crippen LogP contribution in [-0.2, 0) is 0 Å². The van der Waals surface area contributed by atoms with Crippen LogP contribution in [0, 0.1) is 5.92 Å². The summed E-state index contributed by atoms with van der Waals surface area (Å²) in [6, 6.07) is 0.584. The van der Waals surface area contributed by atoms with Gasteiger partial charge in [0.25, 0.3) is 0 Å². The molecule has 0 radical (unpaired) electrons. The molecule has 2 atom stereocenters. The summed E-state index contributed by atoms with van der Waals surface area (Å²) >= 11 is 0. The second-order valence-corrected chi connectivity index (χ2v) is 5.03. The molecule has 0 saturated carbocycles. The Morgan fingerprint density at radius 2 is 2.39 bits per heavy atom. The van der Waals surface area contributed by atoms with Crippen LogP contribution in [0.15, 0.2) is 12.4 Å². The molecule has 0 amide bonds. The summed E-state index contributed by atoms with van der Waals surface area (Å²) in [5, 5.41) is 3.45. The lowest BCUT2D eigenvalue weighted by molar-refractivity contribution is 0.304. The van der Waals surface area contributed by atoms with Crippen LogP contribution in [0.5, 0.6) is 5.88 Å². The zero-order valence-electron chi connectivity index (χ0n) is 10.8. The van der Waals surface area contributed by atoms with Crippen LogP contribution in [0.3, 0.4) is 0 Å². The van der Waals surface area contributed by atoms with Gasteiger partial charge >= 0.3 is 0 Å². The lowest BCUT2D eigenvalue weighted by Crippen LogP contribution is -2.34. The van der Waals surface area contributed by atoms with Gasteiger partial charge in [0.05, 0.1) is 19.0 Å². The number of fused-ring (bicyclic) bond motifs is 1. The third-order valence-electron chi connectivity index (χ3n) is 3.79. The molecular weight excluding hydrogens is 228 g/mol. The van der Waals surface area contributed by atoms with Crippen molar-refractivity contribution in [1.29, 1.82) is 0 Å². The van der Waals surface area contributed by atoms with Gasteiger partial charge in [-0.05, 0) is 18.8 Å². The highest BCUT2D eigenvalue weighted by Gasteiger charge is 2.38. The predicted octanol–water partition coefficient (Wildman–Crippen LogP) is 1.06. The van der Waals surface area contributed by atoms with Gasteiger partial charge in [-0.15, -0.1) is 0 Å². The summed E-state index contributed by atoms with van der Waals surface area (Å²) in [4.78, 5) is 11.2. The van der Waals surface area contributed by atoms with Gasteiger partial charge in [-0.1, -0.05) is 6.92 Å². The van der Waals surface area contributed by atoms with E-state index in [9.17, 15) is 0 Å². The lowest BCUT2D eigenvalue weighted by Gasteiger charge is -2.24. The molecule has 0 bridgehead atoms. The molecule has 1 aromatic heterocycles. The van der Waals surface area contributed by atoms with E-state index in [0.717, 1.165) is 37.8 Å². The Kier molecular flexibility index (Phi) is 3.32. The first-order chi connectivity index (χ1) is 8.88. The zero-order chi connectivity index (χ0) is 12.4. The summed E-state index contributed by atoms with van der Waals surface area (Å²) in [6.07, 6.45) is 5.78. The van der Waals surface area contributed by atoms with Crippen LogP contribution in [0.25, 0.3) is 0 Å². The van der Waals surface area contributed by atoms with E-state index in [1.165, 1.54) is 6.42 Å². The number of nitrogens with one attached hydrogen (secondary N) is 1. The molecule has 0 spiro atoms. The Bertz CT molecular complexity index is 412. The fraction of sp³-hybridized carbons (Fsp3) is 0.692. The van der Waals surface area contributed by atoms with Gasteiger partial charge in [0, 0.05) is 25.7 Å². The van der Waals surface area contributed by atoms with Crippen molar-refractivity contribution in [3.8, 4) is 5.88 Å². The first-order valence-electron chi connectivity index (χ1n) is 6.80. The van der Waals surface area contributed by atoms with Crippen LogP contribution in [-0.4, -0.2) is 42.3 Å². The first-order valence-corrected chi connectivity index (χ1v) is 6.80. The number of nitrogens with zero attached hydrogens (tertiary/aromatic N) is 3. The minimum atomic E-state index is 0.584. The fourth-order valence-corrected chi connectivity index (χ4v) is 2.89. The molecule has 3 rings (SSSR count). The number of hydrogen-bond donors (Lipinski definition) is 1. The number of hydrogen-bond acceptors (Lipinski definition) is 5. The maximum absolute atomic E-state index is 5.55. The predicted molar refractivity (Wildman–Crippen MR) is 69.9 cm³/mol. The molecule has 18 heavy (non-hydrogen) atoms. The maximum atomic E-state index is 5.55. The Hall–Kier alpha value is -1.36. The molecular formula is C13H20N4O. The van der Waals surface area contributed by atoms with Gasteiger partial charge in [-0.3, -0.25) is 4.98 Å². The second-order valence-electron chi connectivity index (χ2n) is 5.03. The largest absolute Gasteiger partial charge is 0.477 e. The van der Waals surface area contributed by atoms with E-state index in [2.05, 4.69) is 27.1 Å². The van der Waals surface area contributed by atoms with Gasteiger partial charge in [-0.25, -0.2) is 0 Å². The Morgan fingerprint density at radius 1 is 1.44 bits per heavy atom. The molecule has 98 valence electrons. The van der Waals surface area contributed by atoms with E-state index in [1.54, 1.807) is 6.20 Å².